The molecule has 3 rings (SSSR count). The molecule has 1 saturated carbocycles. The molecule has 2 aromatic rings. The van der Waals surface area contributed by atoms with Crippen LogP contribution in [0.2, 0.25) is 0 Å². The third-order valence-corrected chi connectivity index (χ3v) is 5.45. The summed E-state index contributed by atoms with van der Waals surface area (Å²) >= 11 is 5.54. The Hall–Kier alpha value is -2.07. The van der Waals surface area contributed by atoms with Gasteiger partial charge >= 0.3 is 0 Å². The summed E-state index contributed by atoms with van der Waals surface area (Å²) in [5, 5.41) is 7.39. The minimum Gasteiger partial charge on any atom is -0.490 e. The summed E-state index contributed by atoms with van der Waals surface area (Å²) in [6.07, 6.45) is 6.26. The molecule has 144 valence electrons. The minimum absolute atomic E-state index is 0.204. The van der Waals surface area contributed by atoms with Crippen molar-refractivity contribution in [2.45, 2.75) is 65.0 Å². The fourth-order valence-electron chi connectivity index (χ4n) is 3.76. The predicted octanol–water partition coefficient (Wildman–Crippen LogP) is 6.06. The van der Waals surface area contributed by atoms with E-state index in [2.05, 4.69) is 49.6 Å². The molecule has 0 spiro atoms. The molecule has 1 atom stereocenters. The number of ether oxygens (including phenoxy) is 1. The van der Waals surface area contributed by atoms with Crippen LogP contribution in [0.4, 0.5) is 5.69 Å². The SMILES string of the molecule is CC[C@H](NC(=S)Nc1ccc(OC2CCCC2)cc1)c1ccc(C)cc1C. The quantitative estimate of drug-likeness (QED) is 0.595. The maximum Gasteiger partial charge on any atom is 0.171 e. The molecule has 0 heterocycles. The Kier molecular flexibility index (Phi) is 6.73. The molecule has 1 aliphatic carbocycles. The van der Waals surface area contributed by atoms with Gasteiger partial charge in [-0.3, -0.25) is 0 Å². The number of rotatable bonds is 6. The van der Waals surface area contributed by atoms with Crippen LogP contribution in [-0.2, 0) is 0 Å². The van der Waals surface area contributed by atoms with Gasteiger partial charge in [0.25, 0.3) is 0 Å². The van der Waals surface area contributed by atoms with Crippen molar-refractivity contribution >= 4 is 23.0 Å². The Balaban J connectivity index is 1.57. The standard InChI is InChI=1S/C23H30N2OS/c1-4-22(21-14-9-16(2)15-17(21)3)25-23(27)24-18-10-12-20(13-11-18)26-19-7-5-6-8-19/h9-15,19,22H,4-8H2,1-3H3,(H2,24,25,27)/t22-/m0/s1. The largest absolute Gasteiger partial charge is 0.490 e. The first-order valence-corrected chi connectivity index (χ1v) is 10.4. The first-order valence-electron chi connectivity index (χ1n) is 9.96. The van der Waals surface area contributed by atoms with Gasteiger partial charge in [-0.1, -0.05) is 30.7 Å². The smallest absolute Gasteiger partial charge is 0.171 e. The zero-order chi connectivity index (χ0) is 19.2. The van der Waals surface area contributed by atoms with E-state index in [1.165, 1.54) is 42.4 Å². The van der Waals surface area contributed by atoms with Crippen LogP contribution in [0.25, 0.3) is 0 Å². The highest BCUT2D eigenvalue weighted by molar-refractivity contribution is 7.80. The number of aryl methyl sites for hydroxylation is 2. The molecule has 1 aliphatic rings. The Bertz CT molecular complexity index is 766. The predicted molar refractivity (Wildman–Crippen MR) is 118 cm³/mol. The van der Waals surface area contributed by atoms with Crippen LogP contribution >= 0.6 is 12.2 Å². The summed E-state index contributed by atoms with van der Waals surface area (Å²) in [6.45, 7) is 6.46. The van der Waals surface area contributed by atoms with E-state index in [1.54, 1.807) is 0 Å². The van der Waals surface area contributed by atoms with Crippen LogP contribution in [0.15, 0.2) is 42.5 Å². The Labute approximate surface area is 168 Å². The minimum atomic E-state index is 0.204. The van der Waals surface area contributed by atoms with Crippen LogP contribution < -0.4 is 15.4 Å². The molecule has 2 N–H and O–H groups in total. The molecule has 1 fully saturated rings. The number of hydrogen-bond donors (Lipinski definition) is 2. The van der Waals surface area contributed by atoms with Gasteiger partial charge in [-0.2, -0.15) is 0 Å². The van der Waals surface area contributed by atoms with Gasteiger partial charge in [-0.15, -0.1) is 0 Å². The van der Waals surface area contributed by atoms with Gasteiger partial charge in [-0.25, -0.2) is 0 Å². The van der Waals surface area contributed by atoms with Gasteiger partial charge in [0.15, 0.2) is 5.11 Å². The van der Waals surface area contributed by atoms with Crippen molar-refractivity contribution in [2.75, 3.05) is 5.32 Å². The second-order valence-electron chi connectivity index (χ2n) is 7.47. The number of thiocarbonyl (C=S) groups is 1. The number of benzene rings is 2. The van der Waals surface area contributed by atoms with E-state index in [9.17, 15) is 0 Å². The molecular weight excluding hydrogens is 352 g/mol. The van der Waals surface area contributed by atoms with Crippen LogP contribution in [0.3, 0.4) is 0 Å². The van der Waals surface area contributed by atoms with Gasteiger partial charge in [-0.05, 0) is 93.6 Å². The fraction of sp³-hybridized carbons (Fsp3) is 0.435. The maximum atomic E-state index is 6.02. The monoisotopic (exact) mass is 382 g/mol. The van der Waals surface area contributed by atoms with Crippen LogP contribution in [0.5, 0.6) is 5.75 Å². The van der Waals surface area contributed by atoms with Gasteiger partial charge < -0.3 is 15.4 Å². The van der Waals surface area contributed by atoms with Crippen molar-refractivity contribution in [2.24, 2.45) is 0 Å². The molecule has 0 radical (unpaired) electrons. The third-order valence-electron chi connectivity index (χ3n) is 5.23. The number of hydrogen-bond acceptors (Lipinski definition) is 2. The summed E-state index contributed by atoms with van der Waals surface area (Å²) in [7, 11) is 0. The van der Waals surface area contributed by atoms with Crippen molar-refractivity contribution in [1.29, 1.82) is 0 Å². The molecule has 0 aromatic heterocycles. The molecule has 0 saturated heterocycles. The van der Waals surface area contributed by atoms with Gasteiger partial charge in [0.05, 0.1) is 12.1 Å². The zero-order valence-corrected chi connectivity index (χ0v) is 17.4. The second kappa shape index (κ2) is 9.23. The highest BCUT2D eigenvalue weighted by Crippen LogP contribution is 2.25. The van der Waals surface area contributed by atoms with E-state index < -0.39 is 0 Å². The first-order chi connectivity index (χ1) is 13.0. The van der Waals surface area contributed by atoms with Crippen LogP contribution in [0, 0.1) is 13.8 Å². The molecule has 0 amide bonds. The van der Waals surface area contributed by atoms with Gasteiger partial charge in [0, 0.05) is 5.69 Å². The van der Waals surface area contributed by atoms with Gasteiger partial charge in [0.2, 0.25) is 0 Å². The highest BCUT2D eigenvalue weighted by atomic mass is 32.1. The maximum absolute atomic E-state index is 6.02. The van der Waals surface area contributed by atoms with E-state index in [4.69, 9.17) is 17.0 Å². The summed E-state index contributed by atoms with van der Waals surface area (Å²) in [4.78, 5) is 0. The summed E-state index contributed by atoms with van der Waals surface area (Å²) in [5.41, 5.74) is 4.85. The molecule has 4 heteroatoms. The number of anilines is 1. The number of nitrogens with one attached hydrogen (secondary N) is 2. The lowest BCUT2D eigenvalue weighted by atomic mass is 9.98. The average Bonchev–Trinajstić information content (AvgIpc) is 3.15. The molecule has 0 aliphatic heterocycles. The van der Waals surface area contributed by atoms with Crippen molar-refractivity contribution in [3.8, 4) is 5.75 Å². The summed E-state index contributed by atoms with van der Waals surface area (Å²) in [6, 6.07) is 14.9. The van der Waals surface area contributed by atoms with E-state index >= 15 is 0 Å². The Morgan fingerprint density at radius 1 is 1.11 bits per heavy atom. The highest BCUT2D eigenvalue weighted by Gasteiger charge is 2.16. The van der Waals surface area contributed by atoms with Crippen molar-refractivity contribution < 1.29 is 4.74 Å². The second-order valence-corrected chi connectivity index (χ2v) is 7.88. The van der Waals surface area contributed by atoms with Crippen LogP contribution in [0.1, 0.15) is 61.8 Å². The normalized spacial score (nSPS) is 15.4. The topological polar surface area (TPSA) is 33.3 Å². The molecular formula is C23H30N2OS. The average molecular weight is 383 g/mol. The molecule has 27 heavy (non-hydrogen) atoms. The van der Waals surface area contributed by atoms with Crippen molar-refractivity contribution in [3.63, 3.8) is 0 Å². The van der Waals surface area contributed by atoms with Crippen molar-refractivity contribution in [1.82, 2.24) is 5.32 Å². The zero-order valence-electron chi connectivity index (χ0n) is 16.5. The van der Waals surface area contributed by atoms with E-state index in [-0.39, 0.29) is 6.04 Å². The van der Waals surface area contributed by atoms with E-state index in [0.29, 0.717) is 11.2 Å². The molecule has 0 bridgehead atoms. The Morgan fingerprint density at radius 2 is 1.81 bits per heavy atom. The van der Waals surface area contributed by atoms with E-state index in [1.807, 2.05) is 24.3 Å². The first kappa shape index (κ1) is 19.7. The molecule has 2 aromatic carbocycles. The molecule has 3 nitrogen and oxygen atoms in total. The third kappa shape index (κ3) is 5.46. The Morgan fingerprint density at radius 3 is 2.44 bits per heavy atom. The lowest BCUT2D eigenvalue weighted by molar-refractivity contribution is 0.210. The molecule has 0 unspecified atom stereocenters. The summed E-state index contributed by atoms with van der Waals surface area (Å²) in [5.74, 6) is 0.938. The van der Waals surface area contributed by atoms with Crippen LogP contribution in [-0.4, -0.2) is 11.2 Å². The van der Waals surface area contributed by atoms with Gasteiger partial charge in [0.1, 0.15) is 5.75 Å². The van der Waals surface area contributed by atoms with E-state index in [0.717, 1.165) is 17.9 Å². The lowest BCUT2D eigenvalue weighted by Crippen LogP contribution is -2.32. The fourth-order valence-corrected chi connectivity index (χ4v) is 4.02. The summed E-state index contributed by atoms with van der Waals surface area (Å²) < 4.78 is 6.02. The van der Waals surface area contributed by atoms with Crippen molar-refractivity contribution in [3.05, 3.63) is 59.2 Å². The lowest BCUT2D eigenvalue weighted by Gasteiger charge is -2.22.